The van der Waals surface area contributed by atoms with Crippen LogP contribution in [-0.4, -0.2) is 20.9 Å². The molecule has 0 aliphatic rings. The van der Waals surface area contributed by atoms with Gasteiger partial charge in [0.2, 0.25) is 0 Å². The molecule has 3 N–H and O–H groups in total. The fourth-order valence-electron chi connectivity index (χ4n) is 3.94. The van der Waals surface area contributed by atoms with Gasteiger partial charge in [-0.05, 0) is 59.8 Å². The molecule has 6 heteroatoms. The lowest BCUT2D eigenvalue weighted by atomic mass is 10.0. The Hall–Kier alpha value is -4.32. The average molecular weight is 434 g/mol. The van der Waals surface area contributed by atoms with Crippen LogP contribution in [0.3, 0.4) is 0 Å². The number of aryl methyl sites for hydroxylation is 1. The molecule has 0 aliphatic carbocycles. The predicted molar refractivity (Wildman–Crippen MR) is 131 cm³/mol. The molecule has 6 nitrogen and oxygen atoms in total. The van der Waals surface area contributed by atoms with Crippen molar-refractivity contribution < 1.29 is 4.79 Å². The second-order valence-corrected chi connectivity index (χ2v) is 8.13. The third-order valence-corrected chi connectivity index (χ3v) is 5.67. The van der Waals surface area contributed by atoms with Gasteiger partial charge in [-0.25, -0.2) is 4.98 Å². The minimum absolute atomic E-state index is 0.135. The Bertz CT molecular complexity index is 1500. The maximum absolute atomic E-state index is 12.8. The van der Waals surface area contributed by atoms with Crippen LogP contribution in [-0.2, 0) is 13.0 Å². The van der Waals surface area contributed by atoms with Gasteiger partial charge in [-0.15, -0.1) is 0 Å². The van der Waals surface area contributed by atoms with Crippen molar-refractivity contribution in [3.63, 3.8) is 0 Å². The van der Waals surface area contributed by atoms with Gasteiger partial charge < -0.3 is 11.1 Å². The predicted octanol–water partition coefficient (Wildman–Crippen LogP) is 4.59. The van der Waals surface area contributed by atoms with Gasteiger partial charge in [0.1, 0.15) is 5.82 Å². The highest BCUT2D eigenvalue weighted by Gasteiger charge is 2.09. The summed E-state index contributed by atoms with van der Waals surface area (Å²) in [6.45, 7) is 2.41. The number of carbonyl (C=O) groups is 1. The Morgan fingerprint density at radius 3 is 2.61 bits per heavy atom. The molecule has 1 amide bonds. The molecule has 5 aromatic rings. The van der Waals surface area contributed by atoms with E-state index in [1.165, 1.54) is 0 Å². The van der Waals surface area contributed by atoms with E-state index in [4.69, 9.17) is 5.73 Å². The summed E-state index contributed by atoms with van der Waals surface area (Å²) >= 11 is 0. The molecule has 0 bridgehead atoms. The quantitative estimate of drug-likeness (QED) is 0.423. The van der Waals surface area contributed by atoms with E-state index in [2.05, 4.69) is 44.5 Å². The van der Waals surface area contributed by atoms with Gasteiger partial charge >= 0.3 is 0 Å². The summed E-state index contributed by atoms with van der Waals surface area (Å²) in [5, 5.41) is 6.01. The second-order valence-electron chi connectivity index (χ2n) is 8.13. The van der Waals surface area contributed by atoms with Gasteiger partial charge in [-0.3, -0.25) is 14.8 Å². The SMILES string of the molecule is Cc1ccc2ccc(Cc3cc(C(=O)NCc4ccc5c(N)nccc5c4)ccn3)cc2n1. The Morgan fingerprint density at radius 1 is 0.879 bits per heavy atom. The third kappa shape index (κ3) is 4.50. The van der Waals surface area contributed by atoms with Crippen LogP contribution in [0.4, 0.5) is 5.82 Å². The number of pyridine rings is 3. The number of anilines is 1. The van der Waals surface area contributed by atoms with Crippen LogP contribution in [0.15, 0.2) is 79.1 Å². The lowest BCUT2D eigenvalue weighted by molar-refractivity contribution is 0.0950. The molecule has 0 saturated carbocycles. The number of nitrogens with one attached hydrogen (secondary N) is 1. The van der Waals surface area contributed by atoms with Crippen LogP contribution in [0.5, 0.6) is 0 Å². The van der Waals surface area contributed by atoms with Crippen LogP contribution in [0.25, 0.3) is 21.7 Å². The molecule has 0 aliphatic heterocycles. The van der Waals surface area contributed by atoms with E-state index >= 15 is 0 Å². The summed E-state index contributed by atoms with van der Waals surface area (Å²) in [7, 11) is 0. The Morgan fingerprint density at radius 2 is 1.70 bits per heavy atom. The largest absolute Gasteiger partial charge is 0.383 e. The number of amides is 1. The maximum atomic E-state index is 12.8. The van der Waals surface area contributed by atoms with Crippen molar-refractivity contribution in [1.82, 2.24) is 20.3 Å². The standard InChI is InChI=1S/C27H23N5O/c1-17-2-5-20-6-3-18(14-25(20)32-17)13-23-15-22(9-10-29-23)27(33)31-16-19-4-7-24-21(12-19)8-11-30-26(24)28/h2-12,14-15H,13,16H2,1H3,(H2,28,30)(H,31,33). The summed E-state index contributed by atoms with van der Waals surface area (Å²) in [4.78, 5) is 25.9. The molecule has 0 radical (unpaired) electrons. The summed E-state index contributed by atoms with van der Waals surface area (Å²) in [6, 6.07) is 21.7. The zero-order valence-electron chi connectivity index (χ0n) is 18.2. The molecule has 0 atom stereocenters. The number of rotatable bonds is 5. The van der Waals surface area contributed by atoms with E-state index in [1.807, 2.05) is 43.3 Å². The molecule has 2 aromatic carbocycles. The molecule has 33 heavy (non-hydrogen) atoms. The topological polar surface area (TPSA) is 93.8 Å². The van der Waals surface area contributed by atoms with E-state index in [0.29, 0.717) is 24.3 Å². The van der Waals surface area contributed by atoms with Gasteiger partial charge in [0.15, 0.2) is 0 Å². The van der Waals surface area contributed by atoms with Crippen LogP contribution in [0.1, 0.15) is 32.9 Å². The zero-order chi connectivity index (χ0) is 22.8. The smallest absolute Gasteiger partial charge is 0.251 e. The molecule has 5 rings (SSSR count). The molecule has 0 spiro atoms. The van der Waals surface area contributed by atoms with Crippen molar-refractivity contribution in [2.24, 2.45) is 0 Å². The normalized spacial score (nSPS) is 11.1. The van der Waals surface area contributed by atoms with Gasteiger partial charge in [0.25, 0.3) is 5.91 Å². The monoisotopic (exact) mass is 433 g/mol. The van der Waals surface area contributed by atoms with Crippen LogP contribution < -0.4 is 11.1 Å². The molecule has 0 unspecified atom stereocenters. The Balaban J connectivity index is 1.29. The number of fused-ring (bicyclic) bond motifs is 2. The molecule has 3 heterocycles. The van der Waals surface area contributed by atoms with Gasteiger partial charge in [-0.1, -0.05) is 30.3 Å². The van der Waals surface area contributed by atoms with Crippen molar-refractivity contribution in [3.05, 3.63) is 107 Å². The molecule has 3 aromatic heterocycles. The fraction of sp³-hybridized carbons (Fsp3) is 0.111. The van der Waals surface area contributed by atoms with E-state index < -0.39 is 0 Å². The third-order valence-electron chi connectivity index (χ3n) is 5.67. The lowest BCUT2D eigenvalue weighted by Crippen LogP contribution is -2.23. The Labute approximate surface area is 191 Å². The molecule has 0 saturated heterocycles. The number of hydrogen-bond acceptors (Lipinski definition) is 5. The maximum Gasteiger partial charge on any atom is 0.251 e. The average Bonchev–Trinajstić information content (AvgIpc) is 2.82. The number of carbonyl (C=O) groups excluding carboxylic acids is 1. The Kier molecular flexibility index (Phi) is 5.40. The highest BCUT2D eigenvalue weighted by molar-refractivity contribution is 5.94. The van der Waals surface area contributed by atoms with Crippen molar-refractivity contribution in [2.45, 2.75) is 19.9 Å². The summed E-state index contributed by atoms with van der Waals surface area (Å²) < 4.78 is 0. The zero-order valence-corrected chi connectivity index (χ0v) is 18.2. The first-order valence-corrected chi connectivity index (χ1v) is 10.8. The van der Waals surface area contributed by atoms with E-state index in [-0.39, 0.29) is 5.91 Å². The second kappa shape index (κ2) is 8.67. The van der Waals surface area contributed by atoms with E-state index in [1.54, 1.807) is 18.5 Å². The van der Waals surface area contributed by atoms with E-state index in [0.717, 1.165) is 44.2 Å². The fourth-order valence-corrected chi connectivity index (χ4v) is 3.94. The first kappa shape index (κ1) is 20.6. The molecule has 162 valence electrons. The summed E-state index contributed by atoms with van der Waals surface area (Å²) in [6.07, 6.45) is 4.00. The minimum atomic E-state index is -0.135. The van der Waals surface area contributed by atoms with Crippen LogP contribution in [0, 0.1) is 6.92 Å². The van der Waals surface area contributed by atoms with Gasteiger partial charge in [-0.2, -0.15) is 0 Å². The number of benzene rings is 2. The summed E-state index contributed by atoms with van der Waals surface area (Å²) in [5.41, 5.74) is 11.4. The van der Waals surface area contributed by atoms with Crippen molar-refractivity contribution in [3.8, 4) is 0 Å². The first-order valence-electron chi connectivity index (χ1n) is 10.8. The van der Waals surface area contributed by atoms with E-state index in [9.17, 15) is 4.79 Å². The van der Waals surface area contributed by atoms with Crippen LogP contribution >= 0.6 is 0 Å². The molecular formula is C27H23N5O. The lowest BCUT2D eigenvalue weighted by Gasteiger charge is -2.09. The first-order chi connectivity index (χ1) is 16.0. The number of nitrogens with zero attached hydrogens (tertiary/aromatic N) is 3. The number of aromatic nitrogens is 3. The van der Waals surface area contributed by atoms with Crippen molar-refractivity contribution in [1.29, 1.82) is 0 Å². The van der Waals surface area contributed by atoms with Crippen molar-refractivity contribution in [2.75, 3.05) is 5.73 Å². The molecular weight excluding hydrogens is 410 g/mol. The van der Waals surface area contributed by atoms with Crippen molar-refractivity contribution >= 4 is 33.4 Å². The number of nitrogens with two attached hydrogens (primary N) is 1. The number of hydrogen-bond donors (Lipinski definition) is 2. The minimum Gasteiger partial charge on any atom is -0.383 e. The number of nitrogen functional groups attached to an aromatic ring is 1. The highest BCUT2D eigenvalue weighted by Crippen LogP contribution is 2.20. The molecule has 0 fully saturated rings. The van der Waals surface area contributed by atoms with Gasteiger partial charge in [0.05, 0.1) is 5.52 Å². The van der Waals surface area contributed by atoms with Crippen LogP contribution in [0.2, 0.25) is 0 Å². The summed E-state index contributed by atoms with van der Waals surface area (Å²) in [5.74, 6) is 0.369. The van der Waals surface area contributed by atoms with Gasteiger partial charge in [0, 0.05) is 53.1 Å². The highest BCUT2D eigenvalue weighted by atomic mass is 16.1.